The zero-order valence-electron chi connectivity index (χ0n) is 11.4. The Kier molecular flexibility index (Phi) is 4.74. The first-order valence-electron chi connectivity index (χ1n) is 6.89. The molecule has 1 aromatic heterocycles. The average Bonchev–Trinajstić information content (AvgIpc) is 2.85. The summed E-state index contributed by atoms with van der Waals surface area (Å²) in [6, 6.07) is 4.10. The van der Waals surface area contributed by atoms with Gasteiger partial charge in [-0.3, -0.25) is 9.69 Å². The number of pyridine rings is 1. The summed E-state index contributed by atoms with van der Waals surface area (Å²) in [5, 5.41) is 3.28. The van der Waals surface area contributed by atoms with Crippen molar-refractivity contribution < 1.29 is 4.79 Å². The van der Waals surface area contributed by atoms with E-state index in [1.54, 1.807) is 0 Å². The third-order valence-electron chi connectivity index (χ3n) is 3.46. The minimum atomic E-state index is -0.178. The van der Waals surface area contributed by atoms with Crippen LogP contribution in [0.3, 0.4) is 0 Å². The van der Waals surface area contributed by atoms with E-state index in [-0.39, 0.29) is 11.8 Å². The van der Waals surface area contributed by atoms with Crippen molar-refractivity contribution in [3.8, 4) is 0 Å². The van der Waals surface area contributed by atoms with Crippen LogP contribution in [0.2, 0.25) is 0 Å². The molecule has 0 aliphatic carbocycles. The fourth-order valence-corrected chi connectivity index (χ4v) is 2.39. The topological polar surface area (TPSA) is 71.2 Å². The normalized spacial score (nSPS) is 19.5. The van der Waals surface area contributed by atoms with E-state index in [2.05, 4.69) is 28.2 Å². The molecule has 5 nitrogen and oxygen atoms in total. The van der Waals surface area contributed by atoms with Crippen molar-refractivity contribution >= 4 is 11.7 Å². The van der Waals surface area contributed by atoms with E-state index in [4.69, 9.17) is 5.73 Å². The molecule has 0 saturated carbocycles. The van der Waals surface area contributed by atoms with Crippen LogP contribution in [-0.4, -0.2) is 35.4 Å². The molecule has 2 heterocycles. The van der Waals surface area contributed by atoms with Gasteiger partial charge >= 0.3 is 0 Å². The number of rotatable bonds is 6. The lowest BCUT2D eigenvalue weighted by Gasteiger charge is -2.16. The Balaban J connectivity index is 1.90. The van der Waals surface area contributed by atoms with E-state index in [1.807, 2.05) is 12.3 Å². The van der Waals surface area contributed by atoms with Crippen molar-refractivity contribution in [2.45, 2.75) is 26.3 Å². The fraction of sp³-hybridized carbons (Fsp3) is 0.571. The Morgan fingerprint density at radius 2 is 2.47 bits per heavy atom. The number of nitrogens with zero attached hydrogens (tertiary/aromatic N) is 2. The molecular formula is C14H22N4O. The van der Waals surface area contributed by atoms with Crippen molar-refractivity contribution in [3.05, 3.63) is 23.9 Å². The smallest absolute Gasteiger partial charge is 0.221 e. The summed E-state index contributed by atoms with van der Waals surface area (Å²) in [6.45, 7) is 5.63. The second-order valence-corrected chi connectivity index (χ2v) is 5.10. The zero-order valence-corrected chi connectivity index (χ0v) is 11.4. The van der Waals surface area contributed by atoms with Crippen molar-refractivity contribution in [2.24, 2.45) is 11.7 Å². The summed E-state index contributed by atoms with van der Waals surface area (Å²) in [6.07, 6.45) is 3.79. The first kappa shape index (κ1) is 13.8. The van der Waals surface area contributed by atoms with Crippen LogP contribution in [0.15, 0.2) is 18.3 Å². The molecule has 19 heavy (non-hydrogen) atoms. The van der Waals surface area contributed by atoms with E-state index in [0.717, 1.165) is 44.8 Å². The van der Waals surface area contributed by atoms with Crippen molar-refractivity contribution in [1.82, 2.24) is 9.88 Å². The maximum Gasteiger partial charge on any atom is 0.221 e. The SMILES string of the molecule is CCCNc1cc(CN2CCC(C(N)=O)C2)ccn1. The van der Waals surface area contributed by atoms with Crippen LogP contribution in [0.4, 0.5) is 5.82 Å². The van der Waals surface area contributed by atoms with E-state index in [1.165, 1.54) is 5.56 Å². The largest absolute Gasteiger partial charge is 0.370 e. The second kappa shape index (κ2) is 6.52. The molecule has 0 aromatic carbocycles. The van der Waals surface area contributed by atoms with Crippen LogP contribution in [0.5, 0.6) is 0 Å². The number of aromatic nitrogens is 1. The molecule has 1 aromatic rings. The van der Waals surface area contributed by atoms with Gasteiger partial charge in [-0.25, -0.2) is 4.98 Å². The summed E-state index contributed by atoms with van der Waals surface area (Å²) < 4.78 is 0. The number of carbonyl (C=O) groups is 1. The van der Waals surface area contributed by atoms with E-state index in [0.29, 0.717) is 0 Å². The first-order valence-corrected chi connectivity index (χ1v) is 6.89. The molecule has 3 N–H and O–H groups in total. The number of primary amides is 1. The van der Waals surface area contributed by atoms with Gasteiger partial charge in [-0.1, -0.05) is 6.92 Å². The molecule has 0 bridgehead atoms. The van der Waals surface area contributed by atoms with E-state index in [9.17, 15) is 4.79 Å². The van der Waals surface area contributed by atoms with Gasteiger partial charge in [0.15, 0.2) is 0 Å². The molecule has 1 aliphatic rings. The summed E-state index contributed by atoms with van der Waals surface area (Å²) >= 11 is 0. The maximum atomic E-state index is 11.1. The van der Waals surface area contributed by atoms with E-state index < -0.39 is 0 Å². The molecule has 5 heteroatoms. The lowest BCUT2D eigenvalue weighted by molar-refractivity contribution is -0.121. The number of anilines is 1. The van der Waals surface area contributed by atoms with Crippen molar-refractivity contribution in [3.63, 3.8) is 0 Å². The third kappa shape index (κ3) is 3.92. The number of carbonyl (C=O) groups excluding carboxylic acids is 1. The highest BCUT2D eigenvalue weighted by molar-refractivity contribution is 5.77. The van der Waals surface area contributed by atoms with Crippen molar-refractivity contribution in [1.29, 1.82) is 0 Å². The molecule has 104 valence electrons. The third-order valence-corrected chi connectivity index (χ3v) is 3.46. The highest BCUT2D eigenvalue weighted by atomic mass is 16.1. The Labute approximate surface area is 114 Å². The second-order valence-electron chi connectivity index (χ2n) is 5.10. The summed E-state index contributed by atoms with van der Waals surface area (Å²) in [5.74, 6) is 0.757. The van der Waals surface area contributed by atoms with Gasteiger partial charge in [-0.2, -0.15) is 0 Å². The number of hydrogen-bond donors (Lipinski definition) is 2. The molecular weight excluding hydrogens is 240 g/mol. The predicted octanol–water partition coefficient (Wildman–Crippen LogP) is 1.21. The van der Waals surface area contributed by atoms with E-state index >= 15 is 0 Å². The number of likely N-dealkylation sites (tertiary alicyclic amines) is 1. The van der Waals surface area contributed by atoms with Gasteiger partial charge < -0.3 is 11.1 Å². The van der Waals surface area contributed by atoms with Gasteiger partial charge in [0, 0.05) is 25.8 Å². The molecule has 1 unspecified atom stereocenters. The Morgan fingerprint density at radius 1 is 1.63 bits per heavy atom. The Bertz CT molecular complexity index is 435. The molecule has 0 radical (unpaired) electrons. The number of nitrogens with two attached hydrogens (primary N) is 1. The minimum absolute atomic E-state index is 0.0134. The highest BCUT2D eigenvalue weighted by Crippen LogP contribution is 2.19. The highest BCUT2D eigenvalue weighted by Gasteiger charge is 2.26. The number of nitrogens with one attached hydrogen (secondary N) is 1. The molecule has 1 fully saturated rings. The van der Waals surface area contributed by atoms with Gasteiger partial charge in [0.05, 0.1) is 5.92 Å². The average molecular weight is 262 g/mol. The van der Waals surface area contributed by atoms with Crippen LogP contribution in [-0.2, 0) is 11.3 Å². The Hall–Kier alpha value is -1.62. The summed E-state index contributed by atoms with van der Waals surface area (Å²) in [7, 11) is 0. The van der Waals surface area contributed by atoms with Gasteiger partial charge in [-0.05, 0) is 37.1 Å². The standard InChI is InChI=1S/C14H22N4O/c1-2-5-16-13-8-11(3-6-17-13)9-18-7-4-12(10-18)14(15)19/h3,6,8,12H,2,4-5,7,9-10H2,1H3,(H2,15,19)(H,16,17). The lowest BCUT2D eigenvalue weighted by atomic mass is 10.1. The predicted molar refractivity (Wildman–Crippen MR) is 75.6 cm³/mol. The van der Waals surface area contributed by atoms with Gasteiger partial charge in [0.2, 0.25) is 5.91 Å². The van der Waals surface area contributed by atoms with Crippen LogP contribution in [0.1, 0.15) is 25.3 Å². The van der Waals surface area contributed by atoms with Crippen LogP contribution < -0.4 is 11.1 Å². The number of amides is 1. The Morgan fingerprint density at radius 3 is 3.16 bits per heavy atom. The zero-order chi connectivity index (χ0) is 13.7. The van der Waals surface area contributed by atoms with Crippen LogP contribution in [0.25, 0.3) is 0 Å². The molecule has 0 spiro atoms. The summed E-state index contributed by atoms with van der Waals surface area (Å²) in [5.41, 5.74) is 6.57. The maximum absolute atomic E-state index is 11.1. The summed E-state index contributed by atoms with van der Waals surface area (Å²) in [4.78, 5) is 17.7. The lowest BCUT2D eigenvalue weighted by Crippen LogP contribution is -2.27. The molecule has 2 rings (SSSR count). The first-order chi connectivity index (χ1) is 9.19. The monoisotopic (exact) mass is 262 g/mol. The van der Waals surface area contributed by atoms with Crippen LogP contribution in [0, 0.1) is 5.92 Å². The fourth-order valence-electron chi connectivity index (χ4n) is 2.39. The molecule has 1 amide bonds. The van der Waals surface area contributed by atoms with Crippen molar-refractivity contribution in [2.75, 3.05) is 25.0 Å². The minimum Gasteiger partial charge on any atom is -0.370 e. The molecule has 1 saturated heterocycles. The van der Waals surface area contributed by atoms with Gasteiger partial charge in [-0.15, -0.1) is 0 Å². The van der Waals surface area contributed by atoms with Gasteiger partial charge in [0.25, 0.3) is 0 Å². The molecule has 1 atom stereocenters. The quantitative estimate of drug-likeness (QED) is 0.808. The number of hydrogen-bond acceptors (Lipinski definition) is 4. The molecule has 1 aliphatic heterocycles. The van der Waals surface area contributed by atoms with Gasteiger partial charge in [0.1, 0.15) is 5.82 Å². The van der Waals surface area contributed by atoms with Crippen LogP contribution >= 0.6 is 0 Å².